The van der Waals surface area contributed by atoms with Crippen molar-refractivity contribution in [2.24, 2.45) is 0 Å². The Hall–Kier alpha value is -3.27. The molecule has 0 unspecified atom stereocenters. The number of ether oxygens (including phenoxy) is 2. The summed E-state index contributed by atoms with van der Waals surface area (Å²) in [5.41, 5.74) is 2.17. The fraction of sp³-hybridized carbons (Fsp3) is 0.174. The van der Waals surface area contributed by atoms with E-state index in [1.54, 1.807) is 17.1 Å². The van der Waals surface area contributed by atoms with Crippen molar-refractivity contribution in [3.63, 3.8) is 0 Å². The molecule has 0 aromatic heterocycles. The molecule has 4 heteroatoms. The van der Waals surface area contributed by atoms with E-state index < -0.39 is 0 Å². The highest BCUT2D eigenvalue weighted by Gasteiger charge is 2.12. The lowest BCUT2D eigenvalue weighted by atomic mass is 10.0. The highest BCUT2D eigenvalue weighted by Crippen LogP contribution is 2.32. The van der Waals surface area contributed by atoms with Crippen LogP contribution in [0.2, 0.25) is 0 Å². The first-order chi connectivity index (χ1) is 13.2. The molecule has 0 saturated carbocycles. The summed E-state index contributed by atoms with van der Waals surface area (Å²) in [6.07, 6.45) is 4.22. The van der Waals surface area contributed by atoms with E-state index in [0.717, 1.165) is 17.7 Å². The van der Waals surface area contributed by atoms with Gasteiger partial charge in [-0.2, -0.15) is 0 Å². The molecule has 1 heterocycles. The predicted octanol–water partition coefficient (Wildman–Crippen LogP) is 4.28. The molecule has 0 saturated heterocycles. The largest absolute Gasteiger partial charge is 0.454 e. The molecule has 0 N–H and O–H groups in total. The Morgan fingerprint density at radius 3 is 2.78 bits per heavy atom. The quantitative estimate of drug-likeness (QED) is 0.638. The maximum atomic E-state index is 12.4. The summed E-state index contributed by atoms with van der Waals surface area (Å²) in [7, 11) is 1.83. The first kappa shape index (κ1) is 17.2. The van der Waals surface area contributed by atoms with Gasteiger partial charge in [0.1, 0.15) is 0 Å². The Labute approximate surface area is 158 Å². The number of likely N-dealkylation sites (N-methyl/N-ethyl adjacent to an activating group) is 1. The molecule has 0 fully saturated rings. The minimum atomic E-state index is -0.0205. The summed E-state index contributed by atoms with van der Waals surface area (Å²) in [6, 6.07) is 20.3. The van der Waals surface area contributed by atoms with Gasteiger partial charge in [0.15, 0.2) is 11.5 Å². The van der Waals surface area contributed by atoms with Gasteiger partial charge >= 0.3 is 0 Å². The summed E-state index contributed by atoms with van der Waals surface area (Å²) in [5.74, 6) is 1.44. The molecule has 136 valence electrons. The Kier molecular flexibility index (Phi) is 4.79. The molecule has 1 amide bonds. The third-order valence-electron chi connectivity index (χ3n) is 4.79. The van der Waals surface area contributed by atoms with Crippen molar-refractivity contribution in [1.82, 2.24) is 4.90 Å². The van der Waals surface area contributed by atoms with Gasteiger partial charge in [0, 0.05) is 19.7 Å². The number of hydrogen-bond acceptors (Lipinski definition) is 3. The van der Waals surface area contributed by atoms with Crippen molar-refractivity contribution in [3.05, 3.63) is 77.9 Å². The zero-order valence-electron chi connectivity index (χ0n) is 15.2. The Bertz CT molecular complexity index is 1000. The van der Waals surface area contributed by atoms with Crippen LogP contribution in [0.1, 0.15) is 11.1 Å². The van der Waals surface area contributed by atoms with E-state index >= 15 is 0 Å². The number of carbonyl (C=O) groups excluding carboxylic acids is 1. The van der Waals surface area contributed by atoms with Crippen LogP contribution in [0.4, 0.5) is 0 Å². The van der Waals surface area contributed by atoms with Gasteiger partial charge in [-0.1, -0.05) is 48.5 Å². The summed E-state index contributed by atoms with van der Waals surface area (Å²) in [5, 5.41) is 2.48. The van der Waals surface area contributed by atoms with Gasteiger partial charge in [-0.05, 0) is 46.5 Å². The Morgan fingerprint density at radius 2 is 1.85 bits per heavy atom. The predicted molar refractivity (Wildman–Crippen MR) is 107 cm³/mol. The number of carbonyl (C=O) groups is 1. The lowest BCUT2D eigenvalue weighted by Crippen LogP contribution is -2.27. The molecule has 4 nitrogen and oxygen atoms in total. The van der Waals surface area contributed by atoms with E-state index in [9.17, 15) is 4.79 Å². The van der Waals surface area contributed by atoms with Crippen LogP contribution in [0.5, 0.6) is 11.5 Å². The summed E-state index contributed by atoms with van der Waals surface area (Å²) >= 11 is 0. The third-order valence-corrected chi connectivity index (χ3v) is 4.79. The number of hydrogen-bond donors (Lipinski definition) is 0. The van der Waals surface area contributed by atoms with E-state index in [-0.39, 0.29) is 12.7 Å². The van der Waals surface area contributed by atoms with Crippen molar-refractivity contribution in [3.8, 4) is 11.5 Å². The standard InChI is InChI=1S/C23H21NO3/c1-24(14-13-19-7-4-6-18-5-2-3-8-20(18)19)23(25)12-10-17-9-11-21-22(15-17)27-16-26-21/h2-12,15H,13-14,16H2,1H3. The molecular weight excluding hydrogens is 338 g/mol. The monoisotopic (exact) mass is 359 g/mol. The van der Waals surface area contributed by atoms with E-state index in [1.165, 1.54) is 16.3 Å². The topological polar surface area (TPSA) is 38.8 Å². The molecule has 27 heavy (non-hydrogen) atoms. The molecule has 4 rings (SSSR count). The molecule has 0 aliphatic carbocycles. The van der Waals surface area contributed by atoms with Crippen LogP contribution in [0.25, 0.3) is 16.8 Å². The van der Waals surface area contributed by atoms with Crippen molar-refractivity contribution >= 4 is 22.8 Å². The average Bonchev–Trinajstić information content (AvgIpc) is 3.18. The van der Waals surface area contributed by atoms with Crippen LogP contribution in [0.3, 0.4) is 0 Å². The minimum Gasteiger partial charge on any atom is -0.454 e. The molecule has 3 aromatic carbocycles. The van der Waals surface area contributed by atoms with E-state index in [4.69, 9.17) is 9.47 Å². The van der Waals surface area contributed by atoms with E-state index in [1.807, 2.05) is 31.3 Å². The molecule has 0 radical (unpaired) electrons. The smallest absolute Gasteiger partial charge is 0.246 e. The highest BCUT2D eigenvalue weighted by molar-refractivity contribution is 5.92. The fourth-order valence-corrected chi connectivity index (χ4v) is 3.22. The molecular formula is C23H21NO3. The lowest BCUT2D eigenvalue weighted by Gasteiger charge is -2.16. The molecule has 0 bridgehead atoms. The first-order valence-corrected chi connectivity index (χ1v) is 9.00. The fourth-order valence-electron chi connectivity index (χ4n) is 3.22. The lowest BCUT2D eigenvalue weighted by molar-refractivity contribution is -0.124. The second-order valence-electron chi connectivity index (χ2n) is 6.59. The Balaban J connectivity index is 1.39. The second kappa shape index (κ2) is 7.54. The average molecular weight is 359 g/mol. The number of fused-ring (bicyclic) bond motifs is 2. The second-order valence-corrected chi connectivity index (χ2v) is 6.59. The molecule has 1 aliphatic rings. The van der Waals surface area contributed by atoms with Crippen molar-refractivity contribution < 1.29 is 14.3 Å². The van der Waals surface area contributed by atoms with Crippen LogP contribution >= 0.6 is 0 Å². The van der Waals surface area contributed by atoms with Crippen LogP contribution in [-0.4, -0.2) is 31.2 Å². The van der Waals surface area contributed by atoms with Gasteiger partial charge in [0.25, 0.3) is 0 Å². The Morgan fingerprint density at radius 1 is 1.04 bits per heavy atom. The highest BCUT2D eigenvalue weighted by atomic mass is 16.7. The number of rotatable bonds is 5. The zero-order chi connectivity index (χ0) is 18.6. The number of amides is 1. The molecule has 0 atom stereocenters. The van der Waals surface area contributed by atoms with Gasteiger partial charge < -0.3 is 14.4 Å². The maximum absolute atomic E-state index is 12.4. The number of nitrogens with zero attached hydrogens (tertiary/aromatic N) is 1. The van der Waals surface area contributed by atoms with Crippen LogP contribution in [0.15, 0.2) is 66.7 Å². The molecule has 1 aliphatic heterocycles. The van der Waals surface area contributed by atoms with Gasteiger partial charge in [0.2, 0.25) is 12.7 Å². The van der Waals surface area contributed by atoms with E-state index in [0.29, 0.717) is 12.3 Å². The van der Waals surface area contributed by atoms with Gasteiger partial charge in [-0.3, -0.25) is 4.79 Å². The SMILES string of the molecule is CN(CCc1cccc2ccccc12)C(=O)C=Cc1ccc2c(c1)OCO2. The van der Waals surface area contributed by atoms with Gasteiger partial charge in [-0.15, -0.1) is 0 Å². The molecule has 0 spiro atoms. The third kappa shape index (κ3) is 3.80. The van der Waals surface area contributed by atoms with Crippen LogP contribution in [0, 0.1) is 0 Å². The van der Waals surface area contributed by atoms with Crippen molar-refractivity contribution in [1.29, 1.82) is 0 Å². The summed E-state index contributed by atoms with van der Waals surface area (Å²) < 4.78 is 10.7. The van der Waals surface area contributed by atoms with Crippen molar-refractivity contribution in [2.75, 3.05) is 20.4 Å². The van der Waals surface area contributed by atoms with Crippen LogP contribution < -0.4 is 9.47 Å². The van der Waals surface area contributed by atoms with E-state index in [2.05, 4.69) is 36.4 Å². The first-order valence-electron chi connectivity index (χ1n) is 9.00. The van der Waals surface area contributed by atoms with Gasteiger partial charge in [-0.25, -0.2) is 0 Å². The number of benzene rings is 3. The van der Waals surface area contributed by atoms with Crippen LogP contribution in [-0.2, 0) is 11.2 Å². The minimum absolute atomic E-state index is 0.0205. The zero-order valence-corrected chi connectivity index (χ0v) is 15.2. The molecule has 3 aromatic rings. The summed E-state index contributed by atoms with van der Waals surface area (Å²) in [6.45, 7) is 0.913. The summed E-state index contributed by atoms with van der Waals surface area (Å²) in [4.78, 5) is 14.2. The maximum Gasteiger partial charge on any atom is 0.246 e. The van der Waals surface area contributed by atoms with Gasteiger partial charge in [0.05, 0.1) is 0 Å². The van der Waals surface area contributed by atoms with Crippen molar-refractivity contribution in [2.45, 2.75) is 6.42 Å². The normalized spacial score (nSPS) is 12.6.